The fourth-order valence-corrected chi connectivity index (χ4v) is 4.14. The zero-order valence-electron chi connectivity index (χ0n) is 13.2. The van der Waals surface area contributed by atoms with Gasteiger partial charge in [0.15, 0.2) is 0 Å². The van der Waals surface area contributed by atoms with E-state index in [1.165, 1.54) is 4.88 Å². The predicted molar refractivity (Wildman–Crippen MR) is 88.3 cm³/mol. The van der Waals surface area contributed by atoms with Crippen LogP contribution in [-0.4, -0.2) is 61.3 Å². The number of carbonyl (C=O) groups excluding carboxylic acids is 1. The molecule has 22 heavy (non-hydrogen) atoms. The molecule has 2 aliphatic heterocycles. The van der Waals surface area contributed by atoms with E-state index in [4.69, 9.17) is 4.74 Å². The van der Waals surface area contributed by atoms with Crippen molar-refractivity contribution in [2.45, 2.75) is 31.8 Å². The van der Waals surface area contributed by atoms with Crippen molar-refractivity contribution in [2.24, 2.45) is 0 Å². The number of nitrogens with one attached hydrogen (secondary N) is 1. The smallest absolute Gasteiger partial charge is 0.317 e. The van der Waals surface area contributed by atoms with Gasteiger partial charge in [0.2, 0.25) is 0 Å². The predicted octanol–water partition coefficient (Wildman–Crippen LogP) is 2.32. The van der Waals surface area contributed by atoms with Crippen LogP contribution in [0.2, 0.25) is 0 Å². The fraction of sp³-hybridized carbons (Fsp3) is 0.688. The summed E-state index contributed by atoms with van der Waals surface area (Å²) in [6, 6.07) is 4.90. The van der Waals surface area contributed by atoms with Crippen LogP contribution in [0.3, 0.4) is 0 Å². The van der Waals surface area contributed by atoms with Gasteiger partial charge in [-0.2, -0.15) is 0 Å². The van der Waals surface area contributed by atoms with Gasteiger partial charge in [0.05, 0.1) is 19.3 Å². The molecule has 3 heterocycles. The highest BCUT2D eigenvalue weighted by atomic mass is 32.1. The van der Waals surface area contributed by atoms with Gasteiger partial charge in [-0.3, -0.25) is 4.90 Å². The average Bonchev–Trinajstić information content (AvgIpc) is 3.23. The highest BCUT2D eigenvalue weighted by molar-refractivity contribution is 7.10. The molecule has 0 spiro atoms. The molecule has 0 saturated carbocycles. The largest absolute Gasteiger partial charge is 0.379 e. The minimum atomic E-state index is 0.0796. The summed E-state index contributed by atoms with van der Waals surface area (Å²) in [4.78, 5) is 18.2. The Balaban J connectivity index is 1.50. The highest BCUT2D eigenvalue weighted by Gasteiger charge is 2.30. The summed E-state index contributed by atoms with van der Waals surface area (Å²) >= 11 is 1.74. The zero-order valence-corrected chi connectivity index (χ0v) is 14.0. The van der Waals surface area contributed by atoms with Gasteiger partial charge < -0.3 is 15.0 Å². The van der Waals surface area contributed by atoms with Crippen molar-refractivity contribution in [1.29, 1.82) is 0 Å². The van der Waals surface area contributed by atoms with Crippen molar-refractivity contribution < 1.29 is 9.53 Å². The van der Waals surface area contributed by atoms with Gasteiger partial charge in [-0.05, 0) is 31.2 Å². The number of carbonyl (C=O) groups is 1. The number of thiophene rings is 1. The van der Waals surface area contributed by atoms with E-state index in [9.17, 15) is 4.79 Å². The van der Waals surface area contributed by atoms with Crippen LogP contribution in [0.1, 0.15) is 30.7 Å². The SMILES string of the molecule is C[C@H](CNC(=O)N1CCC[C@@H]1c1cccs1)N1CCOCC1. The minimum absolute atomic E-state index is 0.0796. The van der Waals surface area contributed by atoms with E-state index in [1.807, 2.05) is 4.90 Å². The number of hydrogen-bond acceptors (Lipinski definition) is 4. The van der Waals surface area contributed by atoms with Crippen LogP contribution >= 0.6 is 11.3 Å². The van der Waals surface area contributed by atoms with Crippen molar-refractivity contribution in [3.63, 3.8) is 0 Å². The molecule has 5 nitrogen and oxygen atoms in total. The molecule has 0 radical (unpaired) electrons. The maximum Gasteiger partial charge on any atom is 0.317 e. The normalized spacial score (nSPS) is 24.4. The third kappa shape index (κ3) is 3.62. The summed E-state index contributed by atoms with van der Waals surface area (Å²) in [5.41, 5.74) is 0. The number of amides is 2. The number of hydrogen-bond donors (Lipinski definition) is 1. The molecule has 1 N–H and O–H groups in total. The van der Waals surface area contributed by atoms with Gasteiger partial charge in [-0.25, -0.2) is 4.79 Å². The van der Waals surface area contributed by atoms with Crippen LogP contribution in [0, 0.1) is 0 Å². The molecule has 2 aliphatic rings. The van der Waals surface area contributed by atoms with E-state index in [0.29, 0.717) is 12.6 Å². The number of rotatable bonds is 4. The molecule has 1 aromatic rings. The van der Waals surface area contributed by atoms with Gasteiger partial charge in [0.1, 0.15) is 0 Å². The molecule has 0 bridgehead atoms. The lowest BCUT2D eigenvalue weighted by Crippen LogP contribution is -2.49. The number of morpholine rings is 1. The highest BCUT2D eigenvalue weighted by Crippen LogP contribution is 2.34. The Bertz CT molecular complexity index is 474. The first-order valence-electron chi connectivity index (χ1n) is 8.15. The van der Waals surface area contributed by atoms with E-state index in [-0.39, 0.29) is 12.1 Å². The maximum atomic E-state index is 12.5. The Morgan fingerprint density at radius 2 is 2.27 bits per heavy atom. The molecule has 2 amide bonds. The molecule has 1 aromatic heterocycles. The second-order valence-electron chi connectivity index (χ2n) is 6.05. The lowest BCUT2D eigenvalue weighted by atomic mass is 10.2. The molecule has 0 aliphatic carbocycles. The lowest BCUT2D eigenvalue weighted by molar-refractivity contribution is 0.0206. The van der Waals surface area contributed by atoms with Crippen LogP contribution in [0.5, 0.6) is 0 Å². The molecular weight excluding hydrogens is 298 g/mol. The van der Waals surface area contributed by atoms with Crippen molar-refractivity contribution in [3.05, 3.63) is 22.4 Å². The Morgan fingerprint density at radius 3 is 3.00 bits per heavy atom. The van der Waals surface area contributed by atoms with E-state index in [1.54, 1.807) is 11.3 Å². The summed E-state index contributed by atoms with van der Waals surface area (Å²) < 4.78 is 5.38. The van der Waals surface area contributed by atoms with Crippen molar-refractivity contribution in [1.82, 2.24) is 15.1 Å². The second-order valence-corrected chi connectivity index (χ2v) is 7.03. The fourth-order valence-electron chi connectivity index (χ4n) is 3.27. The van der Waals surface area contributed by atoms with Crippen LogP contribution < -0.4 is 5.32 Å². The Kier molecular flexibility index (Phi) is 5.33. The first kappa shape index (κ1) is 15.8. The molecule has 0 unspecified atom stereocenters. The zero-order chi connectivity index (χ0) is 15.4. The summed E-state index contributed by atoms with van der Waals surface area (Å²) in [5, 5.41) is 5.21. The number of likely N-dealkylation sites (tertiary alicyclic amines) is 1. The molecular formula is C16H25N3O2S. The minimum Gasteiger partial charge on any atom is -0.379 e. The molecule has 2 fully saturated rings. The first-order chi connectivity index (χ1) is 10.8. The van der Waals surface area contributed by atoms with E-state index >= 15 is 0 Å². The topological polar surface area (TPSA) is 44.8 Å². The van der Waals surface area contributed by atoms with E-state index in [0.717, 1.165) is 45.7 Å². The summed E-state index contributed by atoms with van der Waals surface area (Å²) in [6.45, 7) is 7.24. The molecule has 2 atom stereocenters. The van der Waals surface area contributed by atoms with Crippen molar-refractivity contribution in [3.8, 4) is 0 Å². The van der Waals surface area contributed by atoms with E-state index in [2.05, 4.69) is 34.7 Å². The van der Waals surface area contributed by atoms with Crippen LogP contribution in [0.15, 0.2) is 17.5 Å². The van der Waals surface area contributed by atoms with Crippen LogP contribution in [0.25, 0.3) is 0 Å². The van der Waals surface area contributed by atoms with Gasteiger partial charge in [0.25, 0.3) is 0 Å². The lowest BCUT2D eigenvalue weighted by Gasteiger charge is -2.33. The number of nitrogens with zero attached hydrogens (tertiary/aromatic N) is 2. The third-order valence-electron chi connectivity index (χ3n) is 4.60. The van der Waals surface area contributed by atoms with Crippen LogP contribution in [-0.2, 0) is 4.74 Å². The Hall–Kier alpha value is -1.11. The third-order valence-corrected chi connectivity index (χ3v) is 5.58. The Morgan fingerprint density at radius 1 is 1.45 bits per heavy atom. The molecule has 122 valence electrons. The molecule has 6 heteroatoms. The first-order valence-corrected chi connectivity index (χ1v) is 9.03. The van der Waals surface area contributed by atoms with Gasteiger partial charge >= 0.3 is 6.03 Å². The van der Waals surface area contributed by atoms with Gasteiger partial charge in [0, 0.05) is 37.1 Å². The quantitative estimate of drug-likeness (QED) is 0.925. The van der Waals surface area contributed by atoms with Crippen molar-refractivity contribution >= 4 is 17.4 Å². The van der Waals surface area contributed by atoms with E-state index < -0.39 is 0 Å². The Labute approximate surface area is 136 Å². The average molecular weight is 323 g/mol. The molecule has 2 saturated heterocycles. The standard InChI is InChI=1S/C16H25N3O2S/c1-13(18-7-9-21-10-8-18)12-17-16(20)19-6-2-4-14(19)15-5-3-11-22-15/h3,5,11,13-14H,2,4,6-10,12H2,1H3,(H,17,20)/t13-,14-/m1/s1. The number of ether oxygens (including phenoxy) is 1. The number of urea groups is 1. The molecule has 0 aromatic carbocycles. The maximum absolute atomic E-state index is 12.5. The second kappa shape index (κ2) is 7.44. The van der Waals surface area contributed by atoms with Crippen LogP contribution in [0.4, 0.5) is 4.79 Å². The monoisotopic (exact) mass is 323 g/mol. The summed E-state index contributed by atoms with van der Waals surface area (Å²) in [7, 11) is 0. The summed E-state index contributed by atoms with van der Waals surface area (Å²) in [6.07, 6.45) is 2.17. The van der Waals surface area contributed by atoms with Gasteiger partial charge in [-0.1, -0.05) is 6.07 Å². The molecule has 3 rings (SSSR count). The van der Waals surface area contributed by atoms with Gasteiger partial charge in [-0.15, -0.1) is 11.3 Å². The van der Waals surface area contributed by atoms with Crippen molar-refractivity contribution in [2.75, 3.05) is 39.4 Å². The summed E-state index contributed by atoms with van der Waals surface area (Å²) in [5.74, 6) is 0.